The van der Waals surface area contributed by atoms with Crippen molar-refractivity contribution in [3.8, 4) is 0 Å². The maximum atomic E-state index is 12.6. The minimum atomic E-state index is -2.50. The minimum absolute atomic E-state index is 0.0214. The Kier molecular flexibility index (Phi) is 3.06. The molecular weight excluding hydrogens is 368 g/mol. The Morgan fingerprint density at radius 1 is 1.11 bits per heavy atom. The van der Waals surface area contributed by atoms with Crippen LogP contribution >= 0.6 is 0 Å². The highest BCUT2D eigenvalue weighted by molar-refractivity contribution is 5.76. The van der Waals surface area contributed by atoms with Crippen LogP contribution < -0.4 is 0 Å². The van der Waals surface area contributed by atoms with Gasteiger partial charge in [-0.05, 0) is 31.6 Å². The summed E-state index contributed by atoms with van der Waals surface area (Å²) in [5.74, 6) is -1.34. The van der Waals surface area contributed by atoms with Gasteiger partial charge in [-0.15, -0.1) is 0 Å². The number of aliphatic hydroxyl groups is 5. The fourth-order valence-corrected chi connectivity index (χ4v) is 8.03. The maximum Gasteiger partial charge on any atom is 0.307 e. The monoisotopic (exact) mass is 398 g/mol. The topological polar surface area (TPSA) is 140 Å². The van der Waals surface area contributed by atoms with Crippen molar-refractivity contribution in [1.82, 2.24) is 0 Å². The predicted octanol–water partition coefficient (Wildman–Crippen LogP) is -0.766. The van der Waals surface area contributed by atoms with Crippen LogP contribution in [0.3, 0.4) is 0 Å². The summed E-state index contributed by atoms with van der Waals surface area (Å²) >= 11 is 0. The predicted molar refractivity (Wildman–Crippen MR) is 93.9 cm³/mol. The van der Waals surface area contributed by atoms with E-state index >= 15 is 0 Å². The van der Waals surface area contributed by atoms with Gasteiger partial charge in [-0.25, -0.2) is 0 Å². The molecule has 3 saturated carbocycles. The molecule has 5 rings (SSSR count). The van der Waals surface area contributed by atoms with E-state index in [2.05, 4.69) is 0 Å². The molecule has 0 bridgehead atoms. The average molecular weight is 398 g/mol. The third-order valence-corrected chi connectivity index (χ3v) is 9.56. The van der Waals surface area contributed by atoms with Crippen molar-refractivity contribution in [3.63, 3.8) is 0 Å². The van der Waals surface area contributed by atoms with Gasteiger partial charge in [0.15, 0.2) is 17.3 Å². The second-order valence-corrected chi connectivity index (χ2v) is 10.5. The van der Waals surface area contributed by atoms with E-state index in [-0.39, 0.29) is 18.8 Å². The van der Waals surface area contributed by atoms with E-state index in [1.54, 1.807) is 13.8 Å². The van der Waals surface area contributed by atoms with Crippen molar-refractivity contribution in [2.75, 3.05) is 0 Å². The molecule has 0 aromatic carbocycles. The highest BCUT2D eigenvalue weighted by Gasteiger charge is 3.07. The summed E-state index contributed by atoms with van der Waals surface area (Å²) in [5.41, 5.74) is -13.6. The summed E-state index contributed by atoms with van der Waals surface area (Å²) in [4.78, 5) is 12.6. The zero-order chi connectivity index (χ0) is 20.9. The Balaban J connectivity index is 1.90. The van der Waals surface area contributed by atoms with Gasteiger partial charge in [0, 0.05) is 5.41 Å². The number of fused-ring (bicyclic) bond motifs is 6. The van der Waals surface area contributed by atoms with E-state index in [0.29, 0.717) is 6.42 Å². The Morgan fingerprint density at radius 2 is 1.71 bits per heavy atom. The quantitative estimate of drug-likeness (QED) is 0.287. The first-order valence-corrected chi connectivity index (χ1v) is 10.1. The van der Waals surface area contributed by atoms with Crippen LogP contribution in [0.2, 0.25) is 0 Å². The van der Waals surface area contributed by atoms with Gasteiger partial charge in [0.2, 0.25) is 0 Å². The third kappa shape index (κ3) is 1.24. The highest BCUT2D eigenvalue weighted by Crippen LogP contribution is 2.84. The van der Waals surface area contributed by atoms with Crippen molar-refractivity contribution in [1.29, 1.82) is 0 Å². The summed E-state index contributed by atoms with van der Waals surface area (Å²) in [6.45, 7) is 8.45. The lowest BCUT2D eigenvalue weighted by Crippen LogP contribution is -2.77. The summed E-state index contributed by atoms with van der Waals surface area (Å²) in [6, 6.07) is 0. The number of hydrogen-bond donors (Lipinski definition) is 5. The SMILES string of the molecule is CC1CC[C@@]2(O)C(O)(C1O)C1(O)[C@@]3(O)C(OC(=O)CC23C)[C@@]2(C(C)C)O[C@@]12C. The first-order chi connectivity index (χ1) is 12.7. The molecular formula is C20H30O8. The summed E-state index contributed by atoms with van der Waals surface area (Å²) in [7, 11) is 0. The number of esters is 1. The molecule has 2 saturated heterocycles. The van der Waals surface area contributed by atoms with Crippen LogP contribution in [0.1, 0.15) is 53.9 Å². The van der Waals surface area contributed by atoms with Crippen molar-refractivity contribution in [2.24, 2.45) is 17.3 Å². The van der Waals surface area contributed by atoms with E-state index < -0.39 is 63.1 Å². The van der Waals surface area contributed by atoms with Crippen molar-refractivity contribution in [3.05, 3.63) is 0 Å². The largest absolute Gasteiger partial charge is 0.456 e. The number of epoxide rings is 1. The van der Waals surface area contributed by atoms with Crippen molar-refractivity contribution >= 4 is 5.97 Å². The number of hydrogen-bond acceptors (Lipinski definition) is 8. The number of ether oxygens (including phenoxy) is 2. The van der Waals surface area contributed by atoms with Crippen LogP contribution in [0.25, 0.3) is 0 Å². The maximum absolute atomic E-state index is 12.6. The van der Waals surface area contributed by atoms with E-state index in [4.69, 9.17) is 9.47 Å². The van der Waals surface area contributed by atoms with Crippen LogP contribution in [-0.2, 0) is 14.3 Å². The minimum Gasteiger partial charge on any atom is -0.456 e. The van der Waals surface area contributed by atoms with Crippen LogP contribution in [0, 0.1) is 17.3 Å². The third-order valence-electron chi connectivity index (χ3n) is 9.56. The highest BCUT2D eigenvalue weighted by atomic mass is 16.7. The molecule has 28 heavy (non-hydrogen) atoms. The van der Waals surface area contributed by atoms with Gasteiger partial charge in [0.25, 0.3) is 0 Å². The average Bonchev–Trinajstić information content (AvgIpc) is 3.20. The normalized spacial score (nSPS) is 67.0. The standard InChI is InChI=1S/C20H30O8/c1-9(2)17-13-19(25)14(4,8-11(21)27-13)16(23)7-6-10(3)12(22)18(16,24)20(19,26)15(17,5)28-17/h9-10,12-13,22-26H,6-8H2,1-5H3/t10?,12?,13?,14?,15-,16+,17-,18?,19-,20?/m1/s1. The number of carbonyl (C=O) groups is 1. The zero-order valence-corrected chi connectivity index (χ0v) is 16.9. The molecule has 5 aliphatic rings. The lowest BCUT2D eigenvalue weighted by molar-refractivity contribution is -0.314. The molecule has 0 amide bonds. The lowest BCUT2D eigenvalue weighted by atomic mass is 9.55. The van der Waals surface area contributed by atoms with E-state index in [0.717, 1.165) is 0 Å². The summed E-state index contributed by atoms with van der Waals surface area (Å²) in [6.07, 6.45) is -2.79. The van der Waals surface area contributed by atoms with Gasteiger partial charge in [-0.2, -0.15) is 0 Å². The Bertz CT molecular complexity index is 801. The van der Waals surface area contributed by atoms with Gasteiger partial charge in [-0.1, -0.05) is 27.7 Å². The van der Waals surface area contributed by atoms with Gasteiger partial charge in [-0.3, -0.25) is 4.79 Å². The van der Waals surface area contributed by atoms with Crippen LogP contribution in [-0.4, -0.2) is 77.3 Å². The molecule has 2 aliphatic heterocycles. The summed E-state index contributed by atoms with van der Waals surface area (Å²) < 4.78 is 11.6. The van der Waals surface area contributed by atoms with Crippen molar-refractivity contribution < 1.29 is 39.8 Å². The van der Waals surface area contributed by atoms with E-state index in [9.17, 15) is 30.3 Å². The number of carbonyl (C=O) groups excluding carboxylic acids is 1. The van der Waals surface area contributed by atoms with E-state index in [1.807, 2.05) is 13.8 Å². The Morgan fingerprint density at radius 3 is 2.29 bits per heavy atom. The van der Waals surface area contributed by atoms with Crippen LogP contribution in [0.15, 0.2) is 0 Å². The molecule has 8 nitrogen and oxygen atoms in total. The molecule has 5 fully saturated rings. The van der Waals surface area contributed by atoms with Gasteiger partial charge in [0.05, 0.1) is 12.5 Å². The van der Waals surface area contributed by atoms with Gasteiger partial charge >= 0.3 is 5.97 Å². The molecule has 0 aromatic rings. The molecule has 6 unspecified atom stereocenters. The fraction of sp³-hybridized carbons (Fsp3) is 0.950. The van der Waals surface area contributed by atoms with Gasteiger partial charge in [0.1, 0.15) is 22.4 Å². The fourth-order valence-electron chi connectivity index (χ4n) is 8.03. The summed E-state index contributed by atoms with van der Waals surface area (Å²) in [5, 5.41) is 59.3. The second-order valence-electron chi connectivity index (χ2n) is 10.5. The molecule has 0 spiro atoms. The molecule has 3 aliphatic carbocycles. The van der Waals surface area contributed by atoms with Crippen molar-refractivity contribution in [2.45, 2.75) is 99.7 Å². The van der Waals surface area contributed by atoms with Crippen LogP contribution in [0.4, 0.5) is 0 Å². The number of rotatable bonds is 1. The molecule has 5 N–H and O–H groups in total. The molecule has 2 heterocycles. The zero-order valence-electron chi connectivity index (χ0n) is 16.9. The number of aliphatic hydroxyl groups excluding tert-OH is 1. The molecule has 8 heteroatoms. The molecule has 158 valence electrons. The Hall–Kier alpha value is -0.770. The Labute approximate surface area is 163 Å². The lowest BCUT2D eigenvalue weighted by Gasteiger charge is -2.56. The smallest absolute Gasteiger partial charge is 0.307 e. The van der Waals surface area contributed by atoms with E-state index in [1.165, 1.54) is 6.92 Å². The molecule has 0 aromatic heterocycles. The second kappa shape index (κ2) is 4.45. The van der Waals surface area contributed by atoms with Gasteiger partial charge < -0.3 is 35.0 Å². The molecule has 0 radical (unpaired) electrons. The first kappa shape index (κ1) is 19.2. The first-order valence-electron chi connectivity index (χ1n) is 10.1. The van der Waals surface area contributed by atoms with Crippen LogP contribution in [0.5, 0.6) is 0 Å². The molecule has 10 atom stereocenters.